The number of carbonyl (C=O) groups excluding carboxylic acids is 5. The Hall–Kier alpha value is -3.10. The first-order chi connectivity index (χ1) is 16.7. The third-order valence-corrected chi connectivity index (χ3v) is 6.56. The van der Waals surface area contributed by atoms with Crippen molar-refractivity contribution in [3.05, 3.63) is 11.8 Å². The largest absolute Gasteiger partial charge is 0.522 e. The predicted octanol–water partition coefficient (Wildman–Crippen LogP) is 0.161. The van der Waals surface area contributed by atoms with E-state index >= 15 is 0 Å². The fourth-order valence-electron chi connectivity index (χ4n) is 4.43. The van der Waals surface area contributed by atoms with Gasteiger partial charge in [0.25, 0.3) is 12.3 Å². The summed E-state index contributed by atoms with van der Waals surface area (Å²) < 4.78 is 66.0. The number of rotatable bonds is 10. The minimum absolute atomic E-state index is 0.0438. The number of hydrogen-bond donors (Lipinski definition) is 3. The number of alkyl halides is 5. The molecular formula is C21H25F5N4O6. The molecule has 3 rings (SSSR count). The van der Waals surface area contributed by atoms with Gasteiger partial charge in [-0.2, -0.15) is 0 Å². The predicted molar refractivity (Wildman–Crippen MR) is 110 cm³/mol. The van der Waals surface area contributed by atoms with Crippen molar-refractivity contribution in [1.82, 2.24) is 15.5 Å². The summed E-state index contributed by atoms with van der Waals surface area (Å²) >= 11 is 0. The van der Waals surface area contributed by atoms with Gasteiger partial charge < -0.3 is 21.3 Å². The maximum atomic E-state index is 13.1. The number of Topliss-reactive ketones (excluding diaryl/α,β-unsaturated/α-hetero) is 1. The van der Waals surface area contributed by atoms with Gasteiger partial charge in [0, 0.05) is 25.1 Å². The monoisotopic (exact) mass is 524 g/mol. The molecule has 3 amide bonds. The lowest BCUT2D eigenvalue weighted by molar-refractivity contribution is -0.321. The van der Waals surface area contributed by atoms with Crippen LogP contribution in [0.4, 0.5) is 22.0 Å². The highest BCUT2D eigenvalue weighted by molar-refractivity contribution is 6.04. The van der Waals surface area contributed by atoms with Crippen LogP contribution in [0.3, 0.4) is 0 Å². The molecule has 200 valence electrons. The zero-order valence-electron chi connectivity index (χ0n) is 18.9. The van der Waals surface area contributed by atoms with Crippen molar-refractivity contribution >= 4 is 29.3 Å². The minimum Gasteiger partial charge on any atom is -0.394 e. The highest BCUT2D eigenvalue weighted by atomic mass is 19.4. The third kappa shape index (κ3) is 6.77. The summed E-state index contributed by atoms with van der Waals surface area (Å²) in [6, 6.07) is -2.74. The Morgan fingerprint density at radius 3 is 2.44 bits per heavy atom. The summed E-state index contributed by atoms with van der Waals surface area (Å²) in [5.41, 5.74) is 4.30. The zero-order valence-corrected chi connectivity index (χ0v) is 18.9. The lowest BCUT2D eigenvalue weighted by Gasteiger charge is -2.27. The molecule has 3 atom stereocenters. The van der Waals surface area contributed by atoms with Crippen molar-refractivity contribution in [2.75, 3.05) is 19.7 Å². The van der Waals surface area contributed by atoms with E-state index in [2.05, 4.69) is 15.4 Å². The average Bonchev–Trinajstić information content (AvgIpc) is 3.25. The van der Waals surface area contributed by atoms with Gasteiger partial charge in [0.05, 0.1) is 6.04 Å². The van der Waals surface area contributed by atoms with Crippen molar-refractivity contribution in [2.45, 2.75) is 57.0 Å². The molecule has 2 heterocycles. The number of likely N-dealkylation sites (tertiary alicyclic amines) is 1. The maximum Gasteiger partial charge on any atom is 0.522 e. The van der Waals surface area contributed by atoms with Crippen molar-refractivity contribution < 1.29 is 50.7 Å². The fourth-order valence-corrected chi connectivity index (χ4v) is 4.43. The molecule has 2 saturated heterocycles. The third-order valence-electron chi connectivity index (χ3n) is 6.56. The lowest BCUT2D eigenvalue weighted by atomic mass is 9.95. The van der Waals surface area contributed by atoms with Gasteiger partial charge >= 0.3 is 6.36 Å². The number of hydrogen-bond acceptors (Lipinski definition) is 7. The van der Waals surface area contributed by atoms with Crippen LogP contribution in [0.2, 0.25) is 0 Å². The van der Waals surface area contributed by atoms with E-state index in [0.29, 0.717) is 25.8 Å². The fraction of sp³-hybridized carbons (Fsp3) is 0.667. The molecule has 3 fully saturated rings. The first-order valence-electron chi connectivity index (χ1n) is 11.1. The summed E-state index contributed by atoms with van der Waals surface area (Å²) in [4.78, 5) is 62.6. The van der Waals surface area contributed by atoms with Gasteiger partial charge in [0.1, 0.15) is 18.3 Å². The molecule has 1 saturated carbocycles. The lowest BCUT2D eigenvalue weighted by Crippen LogP contribution is -2.52. The Morgan fingerprint density at radius 2 is 1.92 bits per heavy atom. The topological polar surface area (TPSA) is 148 Å². The number of halogens is 5. The molecule has 4 N–H and O–H groups in total. The van der Waals surface area contributed by atoms with Gasteiger partial charge in [-0.3, -0.25) is 28.7 Å². The Labute approximate surface area is 201 Å². The molecular weight excluding hydrogens is 499 g/mol. The molecule has 0 aromatic rings. The number of ketones is 2. The van der Waals surface area contributed by atoms with Gasteiger partial charge in [0.2, 0.25) is 17.6 Å². The summed E-state index contributed by atoms with van der Waals surface area (Å²) in [5.74, 6) is -5.89. The molecule has 1 spiro atoms. The van der Waals surface area contributed by atoms with E-state index in [9.17, 15) is 45.9 Å². The second-order valence-electron chi connectivity index (χ2n) is 9.23. The summed E-state index contributed by atoms with van der Waals surface area (Å²) in [7, 11) is 0. The molecule has 3 aliphatic rings. The Morgan fingerprint density at radius 1 is 1.25 bits per heavy atom. The maximum absolute atomic E-state index is 13.1. The van der Waals surface area contributed by atoms with Gasteiger partial charge in [0.15, 0.2) is 5.78 Å². The Balaban J connectivity index is 1.76. The van der Waals surface area contributed by atoms with Crippen LogP contribution in [-0.4, -0.2) is 78.8 Å². The molecule has 36 heavy (non-hydrogen) atoms. The normalized spacial score (nSPS) is 24.1. The van der Waals surface area contributed by atoms with Crippen LogP contribution < -0.4 is 16.4 Å². The van der Waals surface area contributed by atoms with Gasteiger partial charge in [-0.15, -0.1) is 13.2 Å². The molecule has 10 nitrogen and oxygen atoms in total. The molecule has 2 aliphatic heterocycles. The number of nitrogens with one attached hydrogen (secondary N) is 2. The molecule has 15 heteroatoms. The number of amides is 3. The number of carbonyl (C=O) groups is 5. The van der Waals surface area contributed by atoms with Gasteiger partial charge in [-0.05, 0) is 37.5 Å². The number of allylic oxidation sites excluding steroid dienone is 1. The smallest absolute Gasteiger partial charge is 0.394 e. The van der Waals surface area contributed by atoms with E-state index in [4.69, 9.17) is 5.73 Å². The molecule has 0 bridgehead atoms. The molecule has 0 unspecified atom stereocenters. The van der Waals surface area contributed by atoms with Crippen LogP contribution in [0.15, 0.2) is 11.8 Å². The van der Waals surface area contributed by atoms with E-state index in [1.165, 1.54) is 0 Å². The summed E-state index contributed by atoms with van der Waals surface area (Å²) in [5, 5.41) is 4.86. The first-order valence-corrected chi connectivity index (χ1v) is 11.1. The standard InChI is InChI=1S/C21H25F5N4O6/c22-16(23)14(31)6-11(27)19(35)30-9-20(2-3-20)7-13(30)18(34)29-12(5-10-1-4-28-17(10)33)15(32)8-36-21(24,25)26/h6,10,12-13,16H,1-5,7-9,27H2,(H,28,33)(H,29,34)/t10-,12-,13-/m0/s1. The molecule has 0 aromatic heterocycles. The van der Waals surface area contributed by atoms with Crippen LogP contribution >= 0.6 is 0 Å². The first kappa shape index (κ1) is 27.5. The number of ether oxygens (including phenoxy) is 1. The second-order valence-corrected chi connectivity index (χ2v) is 9.23. The van der Waals surface area contributed by atoms with Crippen LogP contribution in [-0.2, 0) is 28.7 Å². The van der Waals surface area contributed by atoms with Crippen molar-refractivity contribution in [1.29, 1.82) is 0 Å². The van der Waals surface area contributed by atoms with Crippen LogP contribution in [0, 0.1) is 11.3 Å². The average molecular weight is 524 g/mol. The highest BCUT2D eigenvalue weighted by Crippen LogP contribution is 2.55. The Bertz CT molecular complexity index is 965. The minimum atomic E-state index is -5.10. The van der Waals surface area contributed by atoms with Crippen molar-refractivity contribution in [2.24, 2.45) is 17.1 Å². The van der Waals surface area contributed by atoms with Crippen molar-refractivity contribution in [3.63, 3.8) is 0 Å². The van der Waals surface area contributed by atoms with E-state index in [0.717, 1.165) is 4.90 Å². The highest BCUT2D eigenvalue weighted by Gasteiger charge is 2.55. The molecule has 0 radical (unpaired) electrons. The summed E-state index contributed by atoms with van der Waals surface area (Å²) in [6.45, 7) is -1.05. The molecule has 0 aromatic carbocycles. The molecule has 1 aliphatic carbocycles. The van der Waals surface area contributed by atoms with E-state index in [1.807, 2.05) is 0 Å². The van der Waals surface area contributed by atoms with E-state index < -0.39 is 77.8 Å². The Kier molecular flexibility index (Phi) is 8.00. The van der Waals surface area contributed by atoms with Gasteiger partial charge in [-0.25, -0.2) is 8.78 Å². The zero-order chi connectivity index (χ0) is 26.8. The second kappa shape index (κ2) is 10.5. The number of nitrogens with two attached hydrogens (primary N) is 1. The van der Waals surface area contributed by atoms with Gasteiger partial charge in [-0.1, -0.05) is 0 Å². The van der Waals surface area contributed by atoms with Crippen LogP contribution in [0.25, 0.3) is 0 Å². The SMILES string of the molecule is NC(=CC(=O)C(F)F)C(=O)N1CC2(CC2)C[C@H]1C(=O)N[C@@H](C[C@@H]1CCNC1=O)C(=O)COC(F)(F)F. The number of nitrogens with zero attached hydrogens (tertiary/aromatic N) is 1. The van der Waals surface area contributed by atoms with E-state index in [-0.39, 0.29) is 25.5 Å². The quantitative estimate of drug-likeness (QED) is 0.272. The van der Waals surface area contributed by atoms with Crippen LogP contribution in [0.5, 0.6) is 0 Å². The van der Waals surface area contributed by atoms with Crippen LogP contribution in [0.1, 0.15) is 32.1 Å². The van der Waals surface area contributed by atoms with Crippen molar-refractivity contribution in [3.8, 4) is 0 Å². The van der Waals surface area contributed by atoms with E-state index in [1.54, 1.807) is 0 Å². The summed E-state index contributed by atoms with van der Waals surface area (Å²) in [6.07, 6.45) is -6.73.